The second-order valence-corrected chi connectivity index (χ2v) is 19.7. The minimum Gasteiger partial charge on any atom is -0.432 e. The Hall–Kier alpha value is -2.18. The second-order valence-electron chi connectivity index (χ2n) is 19.0. The predicted octanol–water partition coefficient (Wildman–Crippen LogP) is 15.5. The van der Waals surface area contributed by atoms with Gasteiger partial charge in [-0.05, 0) is 140 Å². The molecule has 2 unspecified atom stereocenters. The number of nitrogens with one attached hydrogen (secondary N) is 2. The summed E-state index contributed by atoms with van der Waals surface area (Å²) >= 11 is 11.9. The van der Waals surface area contributed by atoms with Crippen LogP contribution in [0.25, 0.3) is 0 Å². The third-order valence-corrected chi connectivity index (χ3v) is 12.9. The van der Waals surface area contributed by atoms with Crippen molar-refractivity contribution in [3.8, 4) is 11.5 Å². The molecule has 0 aliphatic heterocycles. The summed E-state index contributed by atoms with van der Waals surface area (Å²) in [5, 5.41) is 8.25. The maximum Gasteiger partial charge on any atom is 0.262 e. The van der Waals surface area contributed by atoms with Crippen LogP contribution in [0.5, 0.6) is 11.5 Å². The lowest BCUT2D eigenvalue weighted by molar-refractivity contribution is 0.0787. The molecule has 0 spiro atoms. The molecule has 2 N–H and O–H groups in total. The van der Waals surface area contributed by atoms with Crippen LogP contribution in [-0.2, 0) is 25.7 Å². The molecule has 0 aromatic heterocycles. The smallest absolute Gasteiger partial charge is 0.262 e. The van der Waals surface area contributed by atoms with E-state index >= 15 is 0 Å². The van der Waals surface area contributed by atoms with Crippen LogP contribution in [-0.4, -0.2) is 22.9 Å². The Kier molecular flexibility index (Phi) is 24.5. The van der Waals surface area contributed by atoms with Crippen LogP contribution in [0.2, 0.25) is 0 Å². The maximum atomic E-state index is 6.59. The van der Waals surface area contributed by atoms with Crippen LogP contribution < -0.4 is 20.1 Å². The zero-order valence-corrected chi connectivity index (χ0v) is 40.1. The van der Waals surface area contributed by atoms with Crippen LogP contribution in [0, 0.1) is 10.8 Å². The van der Waals surface area contributed by atoms with Crippen molar-refractivity contribution in [1.29, 1.82) is 0 Å². The lowest BCUT2D eigenvalue weighted by atomic mass is 9.62. The highest BCUT2D eigenvalue weighted by Crippen LogP contribution is 2.46. The van der Waals surface area contributed by atoms with Crippen molar-refractivity contribution in [2.75, 3.05) is 6.54 Å². The fourth-order valence-corrected chi connectivity index (χ4v) is 10.1. The zero-order chi connectivity index (χ0) is 42.1. The predicted molar refractivity (Wildman–Crippen MR) is 260 cm³/mol. The van der Waals surface area contributed by atoms with Gasteiger partial charge in [0.15, 0.2) is 0 Å². The first-order valence-electron chi connectivity index (χ1n) is 24.2. The van der Waals surface area contributed by atoms with Crippen molar-refractivity contribution in [2.45, 2.75) is 228 Å². The molecular weight excluding hydrogens is 749 g/mol. The Labute approximate surface area is 368 Å². The highest BCUT2D eigenvalue weighted by molar-refractivity contribution is 7.80. The van der Waals surface area contributed by atoms with Gasteiger partial charge in [0.05, 0.1) is 0 Å². The quantitative estimate of drug-likeness (QED) is 0.0629. The average Bonchev–Trinajstić information content (AvgIpc) is 3.17. The molecule has 1 saturated carbocycles. The summed E-state index contributed by atoms with van der Waals surface area (Å²) in [6.07, 6.45) is 33.1. The Morgan fingerprint density at radius 2 is 0.966 bits per heavy atom. The van der Waals surface area contributed by atoms with E-state index in [4.69, 9.17) is 33.9 Å². The molecule has 1 aliphatic carbocycles. The molecular formula is C52H86N2O2S2. The van der Waals surface area contributed by atoms with E-state index < -0.39 is 0 Å². The van der Waals surface area contributed by atoms with Crippen molar-refractivity contribution in [3.05, 3.63) is 58.7 Å². The van der Waals surface area contributed by atoms with Gasteiger partial charge in [-0.1, -0.05) is 175 Å². The molecule has 0 amide bonds. The van der Waals surface area contributed by atoms with E-state index in [0.29, 0.717) is 10.3 Å². The van der Waals surface area contributed by atoms with E-state index in [1.54, 1.807) is 0 Å². The lowest BCUT2D eigenvalue weighted by Crippen LogP contribution is -2.51. The van der Waals surface area contributed by atoms with Gasteiger partial charge < -0.3 is 20.1 Å². The Morgan fingerprint density at radius 1 is 0.552 bits per heavy atom. The Morgan fingerprint density at radius 3 is 1.41 bits per heavy atom. The molecule has 2 atom stereocenters. The SMILES string of the molecule is CCCCCCCc1cccc(OC(=S)NCC2(C)CC(NC(=S)Oc3cccc(CCCCCCC)c3CCCCCCC)CC(C)(C)C2)c1CCCCCCC. The summed E-state index contributed by atoms with van der Waals surface area (Å²) in [5.41, 5.74) is 5.75. The minimum absolute atomic E-state index is 0.00619. The summed E-state index contributed by atoms with van der Waals surface area (Å²) in [7, 11) is 0. The number of hydrogen-bond donors (Lipinski definition) is 2. The summed E-state index contributed by atoms with van der Waals surface area (Å²) in [6, 6.07) is 13.4. The van der Waals surface area contributed by atoms with Gasteiger partial charge in [-0.2, -0.15) is 0 Å². The molecule has 3 rings (SSSR count). The van der Waals surface area contributed by atoms with Gasteiger partial charge in [0.25, 0.3) is 10.3 Å². The number of rotatable bonds is 29. The first-order chi connectivity index (χ1) is 28.0. The molecule has 0 heterocycles. The average molecular weight is 835 g/mol. The highest BCUT2D eigenvalue weighted by atomic mass is 32.1. The summed E-state index contributed by atoms with van der Waals surface area (Å²) in [5.74, 6) is 1.89. The van der Waals surface area contributed by atoms with E-state index in [1.165, 1.54) is 151 Å². The lowest BCUT2D eigenvalue weighted by Gasteiger charge is -2.47. The van der Waals surface area contributed by atoms with Crippen molar-refractivity contribution in [3.63, 3.8) is 0 Å². The van der Waals surface area contributed by atoms with Crippen LogP contribution in [0.15, 0.2) is 36.4 Å². The maximum absolute atomic E-state index is 6.59. The van der Waals surface area contributed by atoms with E-state index in [2.05, 4.69) is 95.5 Å². The van der Waals surface area contributed by atoms with Gasteiger partial charge in [-0.25, -0.2) is 0 Å². The van der Waals surface area contributed by atoms with E-state index in [-0.39, 0.29) is 16.9 Å². The number of thiocarbonyl (C=S) groups is 2. The molecule has 2 aromatic rings. The third kappa shape index (κ3) is 19.5. The number of benzene rings is 2. The molecule has 0 radical (unpaired) electrons. The van der Waals surface area contributed by atoms with Gasteiger partial charge in [-0.3, -0.25) is 0 Å². The number of unbranched alkanes of at least 4 members (excludes halogenated alkanes) is 16. The Bertz CT molecular complexity index is 1460. The summed E-state index contributed by atoms with van der Waals surface area (Å²) < 4.78 is 13.1. The topological polar surface area (TPSA) is 42.5 Å². The number of hydrogen-bond acceptors (Lipinski definition) is 4. The van der Waals surface area contributed by atoms with Crippen LogP contribution in [0.3, 0.4) is 0 Å². The molecule has 328 valence electrons. The van der Waals surface area contributed by atoms with E-state index in [0.717, 1.165) is 63.0 Å². The van der Waals surface area contributed by atoms with Gasteiger partial charge in [0.2, 0.25) is 0 Å². The number of aryl methyl sites for hydroxylation is 2. The zero-order valence-electron chi connectivity index (χ0n) is 38.5. The van der Waals surface area contributed by atoms with Crippen LogP contribution >= 0.6 is 24.4 Å². The largest absolute Gasteiger partial charge is 0.432 e. The van der Waals surface area contributed by atoms with Crippen molar-refractivity contribution < 1.29 is 9.47 Å². The highest BCUT2D eigenvalue weighted by Gasteiger charge is 2.41. The van der Waals surface area contributed by atoms with Crippen LogP contribution in [0.1, 0.15) is 218 Å². The van der Waals surface area contributed by atoms with Gasteiger partial charge >= 0.3 is 0 Å². The first-order valence-corrected chi connectivity index (χ1v) is 25.0. The summed E-state index contributed by atoms with van der Waals surface area (Å²) in [6.45, 7) is 17.1. The monoisotopic (exact) mass is 835 g/mol. The molecule has 4 nitrogen and oxygen atoms in total. The van der Waals surface area contributed by atoms with Crippen molar-refractivity contribution in [1.82, 2.24) is 10.6 Å². The Balaban J connectivity index is 1.65. The van der Waals surface area contributed by atoms with Gasteiger partial charge in [0.1, 0.15) is 11.5 Å². The second kappa shape index (κ2) is 28.4. The molecule has 1 aliphatic rings. The molecule has 0 saturated heterocycles. The standard InChI is InChI=1S/C52H86N2O2S2/c1-8-12-16-20-24-30-42-32-28-36-47(45(42)34-26-22-18-14-10-3)55-49(57)53-41-52(7)39-44(38-51(5,6)40-52)54-50(58)56-48-37-29-33-43(31-25-21-17-13-9-2)46(48)35-27-23-19-15-11-4/h28-29,32-33,36-37,44H,8-27,30-31,34-35,38-41H2,1-7H3,(H,53,57)(H,54,58). The van der Waals surface area contributed by atoms with E-state index in [9.17, 15) is 0 Å². The summed E-state index contributed by atoms with van der Waals surface area (Å²) in [4.78, 5) is 0. The molecule has 0 bridgehead atoms. The van der Waals surface area contributed by atoms with Crippen LogP contribution in [0.4, 0.5) is 0 Å². The van der Waals surface area contributed by atoms with Gasteiger partial charge in [-0.15, -0.1) is 0 Å². The molecule has 1 fully saturated rings. The fourth-order valence-electron chi connectivity index (χ4n) is 9.69. The molecule has 58 heavy (non-hydrogen) atoms. The normalized spacial score (nSPS) is 17.5. The van der Waals surface area contributed by atoms with Gasteiger partial charge in [0, 0.05) is 12.6 Å². The molecule has 2 aromatic carbocycles. The number of ether oxygens (including phenoxy) is 2. The first kappa shape index (κ1) is 50.2. The van der Waals surface area contributed by atoms with Crippen molar-refractivity contribution in [2.24, 2.45) is 10.8 Å². The molecule has 6 heteroatoms. The van der Waals surface area contributed by atoms with Crippen molar-refractivity contribution >= 4 is 34.8 Å². The fraction of sp³-hybridized carbons (Fsp3) is 0.731. The minimum atomic E-state index is 0.00619. The van der Waals surface area contributed by atoms with E-state index in [1.807, 2.05) is 0 Å². The third-order valence-electron chi connectivity index (χ3n) is 12.5.